The van der Waals surface area contributed by atoms with Crippen molar-refractivity contribution >= 4 is 70.7 Å². The fraction of sp³-hybridized carbons (Fsp3) is 0.390. The zero-order chi connectivity index (χ0) is 36.7. The van der Waals surface area contributed by atoms with Gasteiger partial charge < -0.3 is 34.8 Å². The molecule has 3 atom stereocenters. The second-order valence-electron chi connectivity index (χ2n) is 13.5. The van der Waals surface area contributed by atoms with Gasteiger partial charge in [0.15, 0.2) is 5.78 Å². The molecule has 0 aromatic carbocycles. The maximum Gasteiger partial charge on any atom is 2.00 e. The summed E-state index contributed by atoms with van der Waals surface area (Å²) in [5.74, 6) is -3.22. The average molecular weight is 713 g/mol. The van der Waals surface area contributed by atoms with Gasteiger partial charge in [0.1, 0.15) is 12.5 Å². The Morgan fingerprint density at radius 1 is 0.981 bits per heavy atom. The molecule has 3 aliphatic rings. The summed E-state index contributed by atoms with van der Waals surface area (Å²) in [6.45, 7) is 16.1. The van der Waals surface area contributed by atoms with Gasteiger partial charge >= 0.3 is 35.0 Å². The Hall–Kier alpha value is -4.32. The van der Waals surface area contributed by atoms with Crippen molar-refractivity contribution < 1.29 is 29.0 Å². The van der Waals surface area contributed by atoms with Gasteiger partial charge in [-0.05, 0) is 70.4 Å². The van der Waals surface area contributed by atoms with Gasteiger partial charge in [-0.25, -0.2) is 0 Å². The van der Waals surface area contributed by atoms with Gasteiger partial charge in [-0.3, -0.25) is 14.4 Å². The van der Waals surface area contributed by atoms with E-state index in [0.717, 1.165) is 56.3 Å². The minimum Gasteiger partial charge on any atom is -0.664 e. The summed E-state index contributed by atoms with van der Waals surface area (Å²) in [7, 11) is 1.27. The van der Waals surface area contributed by atoms with Crippen molar-refractivity contribution in [3.63, 3.8) is 0 Å². The number of ether oxygens (including phenoxy) is 2. The molecule has 0 spiro atoms. The molecule has 1 saturated heterocycles. The maximum absolute atomic E-state index is 14.2. The molecule has 268 valence electrons. The smallest absolute Gasteiger partial charge is 0.664 e. The third kappa shape index (κ3) is 6.81. The number of carbonyl (C=O) groups excluding carboxylic acids is 3. The average Bonchev–Trinajstić information content (AvgIpc) is 3.84. The predicted octanol–water partition coefficient (Wildman–Crippen LogP) is 4.31. The third-order valence-corrected chi connectivity index (χ3v) is 10.6. The van der Waals surface area contributed by atoms with Crippen molar-refractivity contribution in [3.8, 4) is 0 Å². The first-order valence-electron chi connectivity index (χ1n) is 17.5. The number of Topliss-reactive ketones (excluding diaryl/α,β-unsaturated/α-hetero) is 1. The molecule has 1 N–H and O–H groups in total. The predicted molar refractivity (Wildman–Crippen MR) is 202 cm³/mol. The normalized spacial score (nSPS) is 22.7. The zero-order valence-electron chi connectivity index (χ0n) is 31.1. The topological polar surface area (TPSA) is 146 Å². The molecule has 1 aliphatic carbocycles. The molecular weight excluding hydrogens is 669 g/mol. The van der Waals surface area contributed by atoms with Crippen LogP contribution >= 0.6 is 0 Å². The van der Waals surface area contributed by atoms with Crippen LogP contribution in [-0.4, -0.2) is 66.2 Å². The molecule has 1 fully saturated rings. The molecule has 6 rings (SSSR count). The van der Waals surface area contributed by atoms with Crippen molar-refractivity contribution in [1.29, 1.82) is 0 Å². The summed E-state index contributed by atoms with van der Waals surface area (Å²) in [6, 6.07) is 0. The summed E-state index contributed by atoms with van der Waals surface area (Å²) >= 11 is 0. The number of hydrogen-bond donors (Lipinski definition) is 1. The zero-order valence-corrected chi connectivity index (χ0v) is 32.5. The number of aliphatic hydroxyl groups is 1. The molecule has 52 heavy (non-hydrogen) atoms. The Bertz CT molecular complexity index is 2170. The first-order chi connectivity index (χ1) is 24.4. The second kappa shape index (κ2) is 15.7. The Morgan fingerprint density at radius 2 is 1.69 bits per heavy atom. The van der Waals surface area contributed by atoms with Crippen LogP contribution in [0.15, 0.2) is 29.6 Å². The summed E-state index contributed by atoms with van der Waals surface area (Å²) in [4.78, 5) is 55.7. The Kier molecular flexibility index (Phi) is 11.8. The van der Waals surface area contributed by atoms with Crippen LogP contribution in [-0.2, 0) is 25.5 Å². The Labute approximate surface area is 320 Å². The molecule has 8 bridgehead atoms. The summed E-state index contributed by atoms with van der Waals surface area (Å²) in [5.41, 5.74) is 10.1. The second-order valence-corrected chi connectivity index (χ2v) is 13.5. The van der Waals surface area contributed by atoms with Crippen molar-refractivity contribution in [1.82, 2.24) is 15.0 Å². The number of allylic oxidation sites excluding steroid dienone is 2. The molecule has 3 aromatic heterocycles. The van der Waals surface area contributed by atoms with E-state index in [-0.39, 0.29) is 66.3 Å². The van der Waals surface area contributed by atoms with Gasteiger partial charge in [-0.2, -0.15) is 11.4 Å². The molecule has 0 saturated carbocycles. The Balaban J connectivity index is 0.00000523. The van der Waals surface area contributed by atoms with Gasteiger partial charge in [-0.15, -0.1) is 33.5 Å². The Morgan fingerprint density at radius 3 is 2.37 bits per heavy atom. The fourth-order valence-electron chi connectivity index (χ4n) is 7.55. The quantitative estimate of drug-likeness (QED) is 0.141. The van der Waals surface area contributed by atoms with Gasteiger partial charge in [0, 0.05) is 18.6 Å². The molecule has 0 unspecified atom stereocenters. The number of hydrogen-bond acceptors (Lipinski definition) is 6. The molecule has 10 nitrogen and oxygen atoms in total. The van der Waals surface area contributed by atoms with Gasteiger partial charge in [0.25, 0.3) is 0 Å². The number of aliphatic hydroxyl groups excluding tert-OH is 1. The van der Waals surface area contributed by atoms with Crippen molar-refractivity contribution in [2.24, 2.45) is 17.8 Å². The molecule has 2 aliphatic heterocycles. The van der Waals surface area contributed by atoms with Gasteiger partial charge in [0.05, 0.1) is 7.11 Å². The van der Waals surface area contributed by atoms with Crippen LogP contribution in [0.25, 0.3) is 35.2 Å². The molecule has 0 amide bonds. The number of ketones is 1. The fourth-order valence-corrected chi connectivity index (χ4v) is 7.55. The van der Waals surface area contributed by atoms with Crippen molar-refractivity contribution in [2.45, 2.75) is 67.2 Å². The maximum atomic E-state index is 14.2. The monoisotopic (exact) mass is 712 g/mol. The van der Waals surface area contributed by atoms with Crippen LogP contribution in [0.4, 0.5) is 0 Å². The number of aromatic nitrogens is 3. The van der Waals surface area contributed by atoms with Crippen LogP contribution in [0.1, 0.15) is 101 Å². The van der Waals surface area contributed by atoms with E-state index in [1.165, 1.54) is 7.11 Å². The van der Waals surface area contributed by atoms with Gasteiger partial charge in [0.2, 0.25) is 0 Å². The van der Waals surface area contributed by atoms with Crippen LogP contribution < -0.4 is 25.7 Å². The van der Waals surface area contributed by atoms with E-state index in [1.807, 2.05) is 45.9 Å². The third-order valence-electron chi connectivity index (χ3n) is 10.6. The number of fused-ring (bicyclic) bond motifs is 7. The summed E-state index contributed by atoms with van der Waals surface area (Å²) in [6.07, 6.45) is 11.2. The molecular formula is C41H44MgN4O6-2. The van der Waals surface area contributed by atoms with Crippen molar-refractivity contribution in [2.75, 3.05) is 20.3 Å². The van der Waals surface area contributed by atoms with Crippen LogP contribution in [0, 0.1) is 38.5 Å². The molecule has 5 heterocycles. The number of nitrogens with zero attached hydrogens (tertiary/aromatic N) is 4. The molecule has 3 aromatic rings. The standard InChI is InChI=1S/C41H45N4O6.Mg/c1-9-25-21(4)28-17-30-23(6)27(11-12-34(47)51-16-14-20(3)13-15-46)38(44-30)36-37(41(49)50-8)40(48)35-24(7)31(45-39(35)36)19-33-26(10-2)22(5)29(43-33)18-32(25)42-28;/h9,14,17-19,23,27,37,46H,1,10-13,15-16H2,2-8H3,(H-,44,45,48);/q-3;+2/p-1/b20-14+,29-18-,30-17-,33-19-;/t23-,27-,37+;/m0./s1. The number of rotatable bonds is 10. The number of methoxy groups -OCH3 is 1. The number of carbonyl (C=O) groups is 3. The minimum atomic E-state index is -1.23. The van der Waals surface area contributed by atoms with Gasteiger partial charge in [-0.1, -0.05) is 78.1 Å². The molecule has 11 heteroatoms. The van der Waals surface area contributed by atoms with E-state index in [4.69, 9.17) is 34.8 Å². The summed E-state index contributed by atoms with van der Waals surface area (Å²) < 4.78 is 10.7. The van der Waals surface area contributed by atoms with E-state index in [9.17, 15) is 14.4 Å². The summed E-state index contributed by atoms with van der Waals surface area (Å²) in [5, 5.41) is 15.9. The number of esters is 2. The van der Waals surface area contributed by atoms with E-state index in [1.54, 1.807) is 12.2 Å². The van der Waals surface area contributed by atoms with E-state index >= 15 is 0 Å². The van der Waals surface area contributed by atoms with E-state index < -0.39 is 11.9 Å². The SMILES string of the molecule is C=Cc1c2[n-]c(c1C)/C=C1\[N-]/C(=C3\c4[n-]c(c(C)c4C(=O)[C@@H]3C(=O)OC)/C=c3\[n-]/c(c(C)c3CC)=C\2)[C@@H](CCC(=O)OC/C=C(\C)CCO)[C@@H]1C.[Mg+2]. The van der Waals surface area contributed by atoms with E-state index in [2.05, 4.69) is 20.4 Å². The largest absolute Gasteiger partial charge is 2.00 e. The van der Waals surface area contributed by atoms with Crippen LogP contribution in [0.5, 0.6) is 0 Å². The minimum absolute atomic E-state index is 0. The molecule has 0 radical (unpaired) electrons. The van der Waals surface area contributed by atoms with Crippen LogP contribution in [0.3, 0.4) is 0 Å². The first-order valence-corrected chi connectivity index (χ1v) is 17.5. The van der Waals surface area contributed by atoms with Crippen LogP contribution in [0.2, 0.25) is 0 Å². The van der Waals surface area contributed by atoms with Crippen molar-refractivity contribution in [3.05, 3.63) is 102 Å². The first kappa shape index (κ1) is 38.9. The van der Waals surface area contributed by atoms with E-state index in [0.29, 0.717) is 52.3 Å².